The van der Waals surface area contributed by atoms with Crippen molar-refractivity contribution in [1.82, 2.24) is 20.1 Å². The third-order valence-corrected chi connectivity index (χ3v) is 4.12. The molecule has 0 aliphatic rings. The van der Waals surface area contributed by atoms with E-state index in [1.54, 1.807) is 0 Å². The summed E-state index contributed by atoms with van der Waals surface area (Å²) < 4.78 is 2.01. The monoisotopic (exact) mass is 344 g/mol. The Balaban J connectivity index is 2.07. The number of carbonyl (C=O) groups is 1. The van der Waals surface area contributed by atoms with Crippen molar-refractivity contribution in [2.75, 3.05) is 5.75 Å². The Labute approximate surface area is 147 Å². The Bertz CT molecular complexity index is 689. The van der Waals surface area contributed by atoms with Gasteiger partial charge in [0.1, 0.15) is 5.82 Å². The molecule has 128 valence electrons. The minimum absolute atomic E-state index is 0.00902. The molecule has 1 aromatic heterocycles. The van der Waals surface area contributed by atoms with Crippen LogP contribution in [0.15, 0.2) is 48.1 Å². The number of aromatic nitrogens is 3. The molecule has 1 aromatic carbocycles. The third kappa shape index (κ3) is 5.53. The summed E-state index contributed by atoms with van der Waals surface area (Å²) in [6.45, 7) is 10.3. The molecule has 0 saturated heterocycles. The van der Waals surface area contributed by atoms with E-state index < -0.39 is 0 Å². The van der Waals surface area contributed by atoms with Crippen molar-refractivity contribution in [3.8, 4) is 0 Å². The van der Waals surface area contributed by atoms with Crippen LogP contribution in [0.5, 0.6) is 0 Å². The SMILES string of the molecule is C=CCn1c(Cc2ccccc2)nnc1SCC(=O)NC(C)(C)C. The summed E-state index contributed by atoms with van der Waals surface area (Å²) in [4.78, 5) is 12.0. The first-order valence-corrected chi connectivity index (χ1v) is 8.88. The van der Waals surface area contributed by atoms with Crippen molar-refractivity contribution in [3.63, 3.8) is 0 Å². The lowest BCUT2D eigenvalue weighted by Crippen LogP contribution is -2.41. The second kappa shape index (κ2) is 8.15. The van der Waals surface area contributed by atoms with E-state index in [1.807, 2.05) is 49.6 Å². The summed E-state index contributed by atoms with van der Waals surface area (Å²) in [5, 5.41) is 12.2. The van der Waals surface area contributed by atoms with Gasteiger partial charge in [-0.2, -0.15) is 0 Å². The second-order valence-corrected chi connectivity index (χ2v) is 7.49. The number of thioether (sulfide) groups is 1. The number of hydrogen-bond donors (Lipinski definition) is 1. The minimum atomic E-state index is -0.231. The molecular formula is C18H24N4OS. The molecule has 1 amide bonds. The molecule has 0 unspecified atom stereocenters. The first-order valence-electron chi connectivity index (χ1n) is 7.90. The van der Waals surface area contributed by atoms with Crippen LogP contribution in [0.3, 0.4) is 0 Å². The van der Waals surface area contributed by atoms with E-state index >= 15 is 0 Å². The van der Waals surface area contributed by atoms with Crippen LogP contribution in [0, 0.1) is 0 Å². The Morgan fingerprint density at radius 3 is 2.62 bits per heavy atom. The maximum Gasteiger partial charge on any atom is 0.230 e. The van der Waals surface area contributed by atoms with Gasteiger partial charge < -0.3 is 9.88 Å². The van der Waals surface area contributed by atoms with Crippen molar-refractivity contribution >= 4 is 17.7 Å². The number of rotatable bonds is 7. The zero-order valence-electron chi connectivity index (χ0n) is 14.5. The topological polar surface area (TPSA) is 59.8 Å². The number of benzene rings is 1. The smallest absolute Gasteiger partial charge is 0.230 e. The van der Waals surface area contributed by atoms with Gasteiger partial charge in [0.05, 0.1) is 5.75 Å². The zero-order valence-corrected chi connectivity index (χ0v) is 15.3. The Hall–Kier alpha value is -2.08. The number of carbonyl (C=O) groups excluding carboxylic acids is 1. The maximum absolute atomic E-state index is 12.0. The van der Waals surface area contributed by atoms with E-state index in [4.69, 9.17) is 0 Å². The van der Waals surface area contributed by atoms with Gasteiger partial charge in [0.15, 0.2) is 5.16 Å². The molecule has 0 aliphatic heterocycles. The third-order valence-electron chi connectivity index (χ3n) is 3.16. The molecule has 0 fully saturated rings. The van der Waals surface area contributed by atoms with E-state index in [-0.39, 0.29) is 11.4 Å². The van der Waals surface area contributed by atoms with Gasteiger partial charge in [-0.25, -0.2) is 0 Å². The molecule has 1 N–H and O–H groups in total. The summed E-state index contributed by atoms with van der Waals surface area (Å²) in [5.74, 6) is 1.18. The van der Waals surface area contributed by atoms with Crippen molar-refractivity contribution in [2.45, 2.75) is 44.4 Å². The molecule has 5 nitrogen and oxygen atoms in total. The molecule has 0 bridgehead atoms. The molecule has 0 radical (unpaired) electrons. The average molecular weight is 344 g/mol. The van der Waals surface area contributed by atoms with Crippen LogP contribution in [0.2, 0.25) is 0 Å². The van der Waals surface area contributed by atoms with Gasteiger partial charge in [0.25, 0.3) is 0 Å². The summed E-state index contributed by atoms with van der Waals surface area (Å²) >= 11 is 1.40. The van der Waals surface area contributed by atoms with E-state index in [1.165, 1.54) is 17.3 Å². The van der Waals surface area contributed by atoms with Crippen LogP contribution in [-0.2, 0) is 17.8 Å². The first-order chi connectivity index (χ1) is 11.4. The normalized spacial score (nSPS) is 11.3. The molecule has 0 spiro atoms. The fourth-order valence-corrected chi connectivity index (χ4v) is 3.00. The van der Waals surface area contributed by atoms with Gasteiger partial charge in [-0.15, -0.1) is 16.8 Å². The van der Waals surface area contributed by atoms with Crippen molar-refractivity contribution < 1.29 is 4.79 Å². The lowest BCUT2D eigenvalue weighted by atomic mass is 10.1. The Morgan fingerprint density at radius 2 is 2.00 bits per heavy atom. The molecule has 0 aliphatic carbocycles. The van der Waals surface area contributed by atoms with Crippen LogP contribution in [0.4, 0.5) is 0 Å². The first kappa shape index (κ1) is 18.3. The molecule has 24 heavy (non-hydrogen) atoms. The van der Waals surface area contributed by atoms with Crippen LogP contribution in [-0.4, -0.2) is 32.0 Å². The van der Waals surface area contributed by atoms with E-state index in [0.29, 0.717) is 18.7 Å². The lowest BCUT2D eigenvalue weighted by Gasteiger charge is -2.20. The van der Waals surface area contributed by atoms with E-state index in [2.05, 4.69) is 34.2 Å². The minimum Gasteiger partial charge on any atom is -0.351 e. The summed E-state index contributed by atoms with van der Waals surface area (Å²) in [6.07, 6.45) is 2.52. The van der Waals surface area contributed by atoms with Gasteiger partial charge in [-0.3, -0.25) is 4.79 Å². The highest BCUT2D eigenvalue weighted by atomic mass is 32.2. The van der Waals surface area contributed by atoms with Crippen LogP contribution in [0.25, 0.3) is 0 Å². The van der Waals surface area contributed by atoms with Crippen molar-refractivity contribution in [2.24, 2.45) is 0 Å². The maximum atomic E-state index is 12.0. The molecule has 6 heteroatoms. The Morgan fingerprint density at radius 1 is 1.29 bits per heavy atom. The van der Waals surface area contributed by atoms with Gasteiger partial charge in [-0.05, 0) is 26.3 Å². The van der Waals surface area contributed by atoms with E-state index in [0.717, 1.165) is 11.0 Å². The van der Waals surface area contributed by atoms with Crippen LogP contribution >= 0.6 is 11.8 Å². The fourth-order valence-electron chi connectivity index (χ4n) is 2.23. The molecular weight excluding hydrogens is 320 g/mol. The molecule has 2 aromatic rings. The predicted octanol–water partition coefficient (Wildman–Crippen LogP) is 3.06. The standard InChI is InChI=1S/C18H24N4OS/c1-5-11-22-15(12-14-9-7-6-8-10-14)20-21-17(22)24-13-16(23)19-18(2,3)4/h5-10H,1,11-13H2,2-4H3,(H,19,23). The summed E-state index contributed by atoms with van der Waals surface area (Å²) in [6, 6.07) is 10.1. The van der Waals surface area contributed by atoms with E-state index in [9.17, 15) is 4.79 Å². The van der Waals surface area contributed by atoms with Gasteiger partial charge in [0, 0.05) is 18.5 Å². The fraction of sp³-hybridized carbons (Fsp3) is 0.389. The lowest BCUT2D eigenvalue weighted by molar-refractivity contribution is -0.119. The molecule has 0 saturated carbocycles. The number of allylic oxidation sites excluding steroid dienone is 1. The number of hydrogen-bond acceptors (Lipinski definition) is 4. The van der Waals surface area contributed by atoms with Crippen molar-refractivity contribution in [1.29, 1.82) is 0 Å². The number of nitrogens with zero attached hydrogens (tertiary/aromatic N) is 3. The molecule has 0 atom stereocenters. The quantitative estimate of drug-likeness (QED) is 0.619. The second-order valence-electron chi connectivity index (χ2n) is 6.55. The number of nitrogens with one attached hydrogen (secondary N) is 1. The Kier molecular flexibility index (Phi) is 6.20. The van der Waals surface area contributed by atoms with Gasteiger partial charge >= 0.3 is 0 Å². The largest absolute Gasteiger partial charge is 0.351 e. The average Bonchev–Trinajstić information content (AvgIpc) is 2.87. The van der Waals surface area contributed by atoms with Crippen LogP contribution < -0.4 is 5.32 Å². The highest BCUT2D eigenvalue weighted by Gasteiger charge is 2.17. The number of amides is 1. The zero-order chi connectivity index (χ0) is 17.6. The highest BCUT2D eigenvalue weighted by Crippen LogP contribution is 2.19. The van der Waals surface area contributed by atoms with Crippen molar-refractivity contribution in [3.05, 3.63) is 54.4 Å². The summed E-state index contributed by atoms with van der Waals surface area (Å²) in [5.41, 5.74) is 0.947. The predicted molar refractivity (Wildman–Crippen MR) is 98.1 cm³/mol. The highest BCUT2D eigenvalue weighted by molar-refractivity contribution is 7.99. The van der Waals surface area contributed by atoms with Gasteiger partial charge in [-0.1, -0.05) is 48.2 Å². The molecule has 2 rings (SSSR count). The molecule has 1 heterocycles. The van der Waals surface area contributed by atoms with Gasteiger partial charge in [0.2, 0.25) is 5.91 Å². The van der Waals surface area contributed by atoms with Crippen LogP contribution in [0.1, 0.15) is 32.2 Å². The summed E-state index contributed by atoms with van der Waals surface area (Å²) in [7, 11) is 0.